The van der Waals surface area contributed by atoms with E-state index in [2.05, 4.69) is 17.2 Å². The second-order valence-electron chi connectivity index (χ2n) is 3.65. The highest BCUT2D eigenvalue weighted by atomic mass is 15.0. The minimum atomic E-state index is 0.660. The molecule has 13 heavy (non-hydrogen) atoms. The van der Waals surface area contributed by atoms with Crippen molar-refractivity contribution in [1.82, 2.24) is 10.3 Å². The summed E-state index contributed by atoms with van der Waals surface area (Å²) in [6.07, 6.45) is 4.36. The zero-order valence-electron chi connectivity index (χ0n) is 7.88. The lowest BCUT2D eigenvalue weighted by atomic mass is 10.1. The minimum absolute atomic E-state index is 0.660. The van der Waals surface area contributed by atoms with Crippen LogP contribution in [0.3, 0.4) is 0 Å². The maximum atomic E-state index is 5.78. The lowest BCUT2D eigenvalue weighted by molar-refractivity contribution is 0.685. The number of hydrogen-bond acceptors (Lipinski definition) is 3. The van der Waals surface area contributed by atoms with Crippen molar-refractivity contribution in [2.45, 2.75) is 32.4 Å². The van der Waals surface area contributed by atoms with Crippen LogP contribution in [0.2, 0.25) is 0 Å². The number of aryl methyl sites for hydroxylation is 1. The van der Waals surface area contributed by atoms with Crippen LogP contribution in [0.25, 0.3) is 0 Å². The lowest BCUT2D eigenvalue weighted by Crippen LogP contribution is -2.17. The number of aromatic nitrogens is 1. The molecule has 1 aliphatic rings. The minimum Gasteiger partial charge on any atom is -0.383 e. The monoisotopic (exact) mass is 177 g/mol. The van der Waals surface area contributed by atoms with Crippen LogP contribution in [0.4, 0.5) is 5.82 Å². The molecule has 0 radical (unpaired) electrons. The van der Waals surface area contributed by atoms with Crippen LogP contribution < -0.4 is 11.1 Å². The Morgan fingerprint density at radius 3 is 3.00 bits per heavy atom. The van der Waals surface area contributed by atoms with E-state index >= 15 is 0 Å². The van der Waals surface area contributed by atoms with E-state index in [-0.39, 0.29) is 0 Å². The molecule has 1 fully saturated rings. The molecule has 0 unspecified atom stereocenters. The van der Waals surface area contributed by atoms with Gasteiger partial charge in [0.15, 0.2) is 0 Å². The highest BCUT2D eigenvalue weighted by molar-refractivity contribution is 5.43. The Bertz CT molecular complexity index is 285. The summed E-state index contributed by atoms with van der Waals surface area (Å²) in [6.45, 7) is 2.93. The molecule has 0 bridgehead atoms. The Morgan fingerprint density at radius 2 is 2.38 bits per heavy atom. The molecular weight excluding hydrogens is 162 g/mol. The maximum absolute atomic E-state index is 5.78. The van der Waals surface area contributed by atoms with Crippen LogP contribution in [0, 0.1) is 6.92 Å². The Morgan fingerprint density at radius 1 is 1.62 bits per heavy atom. The predicted octanol–water partition coefficient (Wildman–Crippen LogP) is 1.22. The fourth-order valence-electron chi connectivity index (χ4n) is 1.37. The summed E-state index contributed by atoms with van der Waals surface area (Å²) < 4.78 is 0. The number of rotatable bonds is 3. The van der Waals surface area contributed by atoms with E-state index in [1.807, 2.05) is 6.07 Å². The Hall–Kier alpha value is -1.09. The van der Waals surface area contributed by atoms with Crippen LogP contribution in [-0.2, 0) is 6.54 Å². The maximum Gasteiger partial charge on any atom is 0.128 e. The van der Waals surface area contributed by atoms with Crippen molar-refractivity contribution in [3.8, 4) is 0 Å². The van der Waals surface area contributed by atoms with E-state index in [1.54, 1.807) is 6.20 Å². The first kappa shape index (κ1) is 8.51. The third kappa shape index (κ3) is 1.98. The van der Waals surface area contributed by atoms with Crippen molar-refractivity contribution in [3.05, 3.63) is 23.4 Å². The van der Waals surface area contributed by atoms with Gasteiger partial charge in [-0.2, -0.15) is 0 Å². The van der Waals surface area contributed by atoms with Gasteiger partial charge in [-0.1, -0.05) is 0 Å². The molecule has 3 heteroatoms. The number of nitrogens with one attached hydrogen (secondary N) is 1. The standard InChI is InChI=1S/C10H15N3/c1-7-4-5-12-10(11)9(7)6-13-8-2-3-8/h4-5,8,13H,2-3,6H2,1H3,(H2,11,12). The number of anilines is 1. The molecule has 1 saturated carbocycles. The van der Waals surface area contributed by atoms with Crippen LogP contribution in [0.1, 0.15) is 24.0 Å². The highest BCUT2D eigenvalue weighted by Gasteiger charge is 2.20. The quantitative estimate of drug-likeness (QED) is 0.730. The normalized spacial score (nSPS) is 16.1. The van der Waals surface area contributed by atoms with Gasteiger partial charge in [0, 0.05) is 24.3 Å². The molecule has 1 aliphatic carbocycles. The first-order chi connectivity index (χ1) is 6.27. The van der Waals surface area contributed by atoms with Crippen LogP contribution in [0.5, 0.6) is 0 Å². The van der Waals surface area contributed by atoms with Gasteiger partial charge >= 0.3 is 0 Å². The Kier molecular flexibility index (Phi) is 2.19. The predicted molar refractivity (Wildman–Crippen MR) is 53.2 cm³/mol. The number of hydrogen-bond donors (Lipinski definition) is 2. The van der Waals surface area contributed by atoms with Crippen LogP contribution >= 0.6 is 0 Å². The second kappa shape index (κ2) is 3.34. The largest absolute Gasteiger partial charge is 0.383 e. The van der Waals surface area contributed by atoms with Gasteiger partial charge in [0.25, 0.3) is 0 Å². The second-order valence-corrected chi connectivity index (χ2v) is 3.65. The lowest BCUT2D eigenvalue weighted by Gasteiger charge is -2.08. The summed E-state index contributed by atoms with van der Waals surface area (Å²) in [5.41, 5.74) is 8.15. The average Bonchev–Trinajstić information content (AvgIpc) is 2.87. The molecule has 0 aliphatic heterocycles. The molecule has 1 heterocycles. The third-order valence-electron chi connectivity index (χ3n) is 2.47. The van der Waals surface area contributed by atoms with Crippen LogP contribution in [0.15, 0.2) is 12.3 Å². The molecule has 70 valence electrons. The van der Waals surface area contributed by atoms with E-state index in [0.717, 1.165) is 18.2 Å². The van der Waals surface area contributed by atoms with Crippen molar-refractivity contribution in [2.24, 2.45) is 0 Å². The highest BCUT2D eigenvalue weighted by Crippen LogP contribution is 2.21. The van der Waals surface area contributed by atoms with Crippen molar-refractivity contribution < 1.29 is 0 Å². The van der Waals surface area contributed by atoms with Crippen molar-refractivity contribution in [1.29, 1.82) is 0 Å². The van der Waals surface area contributed by atoms with Gasteiger partial charge in [-0.3, -0.25) is 0 Å². The van der Waals surface area contributed by atoms with Gasteiger partial charge in [-0.05, 0) is 31.4 Å². The fourth-order valence-corrected chi connectivity index (χ4v) is 1.37. The number of nitrogens with zero attached hydrogens (tertiary/aromatic N) is 1. The molecule has 1 aromatic rings. The molecule has 0 aromatic carbocycles. The van der Waals surface area contributed by atoms with Gasteiger partial charge in [0.2, 0.25) is 0 Å². The van der Waals surface area contributed by atoms with E-state index in [1.165, 1.54) is 18.4 Å². The Labute approximate surface area is 78.4 Å². The molecule has 0 spiro atoms. The van der Waals surface area contributed by atoms with E-state index in [9.17, 15) is 0 Å². The zero-order valence-corrected chi connectivity index (χ0v) is 7.88. The smallest absolute Gasteiger partial charge is 0.128 e. The molecule has 1 aromatic heterocycles. The first-order valence-electron chi connectivity index (χ1n) is 4.70. The summed E-state index contributed by atoms with van der Waals surface area (Å²) in [5.74, 6) is 0.660. The first-order valence-corrected chi connectivity index (χ1v) is 4.70. The fraction of sp³-hybridized carbons (Fsp3) is 0.500. The van der Waals surface area contributed by atoms with E-state index < -0.39 is 0 Å². The van der Waals surface area contributed by atoms with Gasteiger partial charge in [-0.25, -0.2) is 4.98 Å². The van der Waals surface area contributed by atoms with Crippen molar-refractivity contribution in [3.63, 3.8) is 0 Å². The summed E-state index contributed by atoms with van der Waals surface area (Å²) in [5, 5.41) is 3.43. The molecular formula is C10H15N3. The average molecular weight is 177 g/mol. The zero-order chi connectivity index (χ0) is 9.26. The molecule has 2 rings (SSSR count). The topological polar surface area (TPSA) is 50.9 Å². The molecule has 0 saturated heterocycles. The number of nitrogens with two attached hydrogens (primary N) is 1. The number of pyridine rings is 1. The Balaban J connectivity index is 2.07. The SMILES string of the molecule is Cc1ccnc(N)c1CNC1CC1. The van der Waals surface area contributed by atoms with Gasteiger partial charge in [0.05, 0.1) is 0 Å². The molecule has 3 N–H and O–H groups in total. The summed E-state index contributed by atoms with van der Waals surface area (Å²) in [6, 6.07) is 2.72. The van der Waals surface area contributed by atoms with E-state index in [0.29, 0.717) is 5.82 Å². The number of nitrogen functional groups attached to an aromatic ring is 1. The van der Waals surface area contributed by atoms with Crippen LogP contribution in [-0.4, -0.2) is 11.0 Å². The summed E-state index contributed by atoms with van der Waals surface area (Å²) >= 11 is 0. The van der Waals surface area contributed by atoms with Crippen molar-refractivity contribution >= 4 is 5.82 Å². The molecule has 0 atom stereocenters. The molecule has 3 nitrogen and oxygen atoms in total. The van der Waals surface area contributed by atoms with E-state index in [4.69, 9.17) is 5.73 Å². The van der Waals surface area contributed by atoms with Crippen molar-refractivity contribution in [2.75, 3.05) is 5.73 Å². The third-order valence-corrected chi connectivity index (χ3v) is 2.47. The summed E-state index contributed by atoms with van der Waals surface area (Å²) in [4.78, 5) is 4.08. The van der Waals surface area contributed by atoms with Gasteiger partial charge < -0.3 is 11.1 Å². The van der Waals surface area contributed by atoms with Gasteiger partial charge in [0.1, 0.15) is 5.82 Å². The molecule has 0 amide bonds. The van der Waals surface area contributed by atoms with Gasteiger partial charge in [-0.15, -0.1) is 0 Å². The summed E-state index contributed by atoms with van der Waals surface area (Å²) in [7, 11) is 0.